The van der Waals surface area contributed by atoms with Crippen LogP contribution in [0.5, 0.6) is 0 Å². The van der Waals surface area contributed by atoms with Crippen molar-refractivity contribution in [3.8, 4) is 0 Å². The van der Waals surface area contributed by atoms with Gasteiger partial charge in [0, 0.05) is 30.5 Å². The molecule has 0 aromatic carbocycles. The van der Waals surface area contributed by atoms with Crippen LogP contribution in [-0.2, 0) is 6.54 Å². The van der Waals surface area contributed by atoms with Crippen molar-refractivity contribution in [1.82, 2.24) is 20.2 Å². The van der Waals surface area contributed by atoms with Crippen LogP contribution in [0.25, 0.3) is 0 Å². The highest BCUT2D eigenvalue weighted by atomic mass is 15.2. The molecule has 1 aliphatic heterocycles. The van der Waals surface area contributed by atoms with E-state index in [1.807, 2.05) is 6.20 Å². The Morgan fingerprint density at radius 3 is 3.12 bits per heavy atom. The fourth-order valence-electron chi connectivity index (χ4n) is 2.51. The van der Waals surface area contributed by atoms with Gasteiger partial charge in [0.25, 0.3) is 0 Å². The molecule has 0 aliphatic carbocycles. The molecule has 1 aromatic rings. The summed E-state index contributed by atoms with van der Waals surface area (Å²) >= 11 is 0. The SMILES string of the molecule is CCN1CCC(NCc2cnc[nH]2)CC1C. The molecule has 2 N–H and O–H groups in total. The van der Waals surface area contributed by atoms with Gasteiger partial charge in [0.1, 0.15) is 0 Å². The molecule has 0 spiro atoms. The van der Waals surface area contributed by atoms with E-state index in [2.05, 4.69) is 34.0 Å². The topological polar surface area (TPSA) is 44.0 Å². The highest BCUT2D eigenvalue weighted by Gasteiger charge is 2.23. The largest absolute Gasteiger partial charge is 0.347 e. The van der Waals surface area contributed by atoms with E-state index >= 15 is 0 Å². The van der Waals surface area contributed by atoms with Gasteiger partial charge in [-0.3, -0.25) is 0 Å². The average Bonchev–Trinajstić information content (AvgIpc) is 2.79. The predicted molar refractivity (Wildman–Crippen MR) is 65.2 cm³/mol. The summed E-state index contributed by atoms with van der Waals surface area (Å²) in [7, 11) is 0. The molecule has 4 heteroatoms. The number of aromatic nitrogens is 2. The van der Waals surface area contributed by atoms with Crippen molar-refractivity contribution in [3.63, 3.8) is 0 Å². The zero-order valence-electron chi connectivity index (χ0n) is 10.2. The van der Waals surface area contributed by atoms with Gasteiger partial charge in [-0.25, -0.2) is 4.98 Å². The van der Waals surface area contributed by atoms with Crippen LogP contribution in [0.4, 0.5) is 0 Å². The fourth-order valence-corrected chi connectivity index (χ4v) is 2.51. The molecular weight excluding hydrogens is 200 g/mol. The van der Waals surface area contributed by atoms with Gasteiger partial charge >= 0.3 is 0 Å². The molecule has 1 aliphatic rings. The molecule has 0 saturated carbocycles. The standard InChI is InChI=1S/C12H22N4/c1-3-16-5-4-11(6-10(16)2)14-8-12-7-13-9-15-12/h7,9-11,14H,3-6,8H2,1-2H3,(H,13,15). The number of nitrogens with one attached hydrogen (secondary N) is 2. The lowest BCUT2D eigenvalue weighted by Crippen LogP contribution is -2.47. The van der Waals surface area contributed by atoms with E-state index in [9.17, 15) is 0 Å². The average molecular weight is 222 g/mol. The molecule has 1 saturated heterocycles. The van der Waals surface area contributed by atoms with E-state index in [0.717, 1.165) is 6.54 Å². The first-order valence-corrected chi connectivity index (χ1v) is 6.24. The summed E-state index contributed by atoms with van der Waals surface area (Å²) in [5, 5.41) is 3.60. The molecular formula is C12H22N4. The zero-order valence-corrected chi connectivity index (χ0v) is 10.2. The van der Waals surface area contributed by atoms with E-state index < -0.39 is 0 Å². The lowest BCUT2D eigenvalue weighted by molar-refractivity contribution is 0.142. The third-order valence-corrected chi connectivity index (χ3v) is 3.56. The second-order valence-electron chi connectivity index (χ2n) is 4.66. The minimum absolute atomic E-state index is 0.654. The second kappa shape index (κ2) is 5.46. The van der Waals surface area contributed by atoms with Crippen molar-refractivity contribution >= 4 is 0 Å². The summed E-state index contributed by atoms with van der Waals surface area (Å²) in [6.07, 6.45) is 6.13. The monoisotopic (exact) mass is 222 g/mol. The first-order chi connectivity index (χ1) is 7.79. The maximum atomic E-state index is 4.02. The Morgan fingerprint density at radius 2 is 2.50 bits per heavy atom. The van der Waals surface area contributed by atoms with Gasteiger partial charge in [0.05, 0.1) is 6.33 Å². The van der Waals surface area contributed by atoms with E-state index in [1.165, 1.54) is 31.6 Å². The molecule has 0 radical (unpaired) electrons. The summed E-state index contributed by atoms with van der Waals surface area (Å²) in [6.45, 7) is 7.87. The van der Waals surface area contributed by atoms with E-state index in [1.54, 1.807) is 6.33 Å². The Kier molecular flexibility index (Phi) is 3.96. The first-order valence-electron chi connectivity index (χ1n) is 6.24. The fraction of sp³-hybridized carbons (Fsp3) is 0.750. The first kappa shape index (κ1) is 11.6. The van der Waals surface area contributed by atoms with Gasteiger partial charge in [-0.1, -0.05) is 6.92 Å². The van der Waals surface area contributed by atoms with Gasteiger partial charge in [-0.05, 0) is 32.9 Å². The van der Waals surface area contributed by atoms with Crippen molar-refractivity contribution in [2.75, 3.05) is 13.1 Å². The third-order valence-electron chi connectivity index (χ3n) is 3.56. The quantitative estimate of drug-likeness (QED) is 0.808. The minimum atomic E-state index is 0.654. The van der Waals surface area contributed by atoms with E-state index in [0.29, 0.717) is 12.1 Å². The summed E-state index contributed by atoms with van der Waals surface area (Å²) < 4.78 is 0. The summed E-state index contributed by atoms with van der Waals surface area (Å²) in [5.41, 5.74) is 1.17. The maximum Gasteiger partial charge on any atom is 0.0922 e. The molecule has 0 bridgehead atoms. The Bertz CT molecular complexity index is 296. The maximum absolute atomic E-state index is 4.02. The van der Waals surface area contributed by atoms with E-state index in [-0.39, 0.29) is 0 Å². The third kappa shape index (κ3) is 2.83. The van der Waals surface area contributed by atoms with Crippen molar-refractivity contribution in [2.24, 2.45) is 0 Å². The second-order valence-corrected chi connectivity index (χ2v) is 4.66. The highest BCUT2D eigenvalue weighted by Crippen LogP contribution is 2.16. The van der Waals surface area contributed by atoms with Crippen LogP contribution in [0, 0.1) is 0 Å². The molecule has 4 nitrogen and oxygen atoms in total. The van der Waals surface area contributed by atoms with Crippen LogP contribution in [0.15, 0.2) is 12.5 Å². The normalized spacial score (nSPS) is 27.1. The summed E-state index contributed by atoms with van der Waals surface area (Å²) in [6, 6.07) is 1.36. The molecule has 2 rings (SSSR count). The van der Waals surface area contributed by atoms with Gasteiger partial charge < -0.3 is 15.2 Å². The molecule has 2 unspecified atom stereocenters. The number of hydrogen-bond donors (Lipinski definition) is 2. The van der Waals surface area contributed by atoms with Crippen molar-refractivity contribution in [3.05, 3.63) is 18.2 Å². The number of rotatable bonds is 4. The van der Waals surface area contributed by atoms with Crippen molar-refractivity contribution in [1.29, 1.82) is 0 Å². The minimum Gasteiger partial charge on any atom is -0.347 e. The molecule has 16 heavy (non-hydrogen) atoms. The molecule has 1 aromatic heterocycles. The number of aromatic amines is 1. The Morgan fingerprint density at radius 1 is 1.62 bits per heavy atom. The van der Waals surface area contributed by atoms with Crippen LogP contribution in [-0.4, -0.2) is 40.0 Å². The smallest absolute Gasteiger partial charge is 0.0922 e. The van der Waals surface area contributed by atoms with Crippen LogP contribution in [0.3, 0.4) is 0 Å². The van der Waals surface area contributed by atoms with Crippen molar-refractivity contribution in [2.45, 2.75) is 45.3 Å². The van der Waals surface area contributed by atoms with Crippen LogP contribution >= 0.6 is 0 Å². The van der Waals surface area contributed by atoms with Crippen molar-refractivity contribution < 1.29 is 0 Å². The molecule has 90 valence electrons. The molecule has 1 fully saturated rings. The van der Waals surface area contributed by atoms with Gasteiger partial charge in [0.15, 0.2) is 0 Å². The van der Waals surface area contributed by atoms with Gasteiger partial charge in [-0.2, -0.15) is 0 Å². The number of piperidine rings is 1. The Balaban J connectivity index is 1.75. The number of H-pyrrole nitrogens is 1. The number of nitrogens with zero attached hydrogens (tertiary/aromatic N) is 2. The zero-order chi connectivity index (χ0) is 11.4. The van der Waals surface area contributed by atoms with E-state index in [4.69, 9.17) is 0 Å². The van der Waals surface area contributed by atoms with Crippen LogP contribution < -0.4 is 5.32 Å². The van der Waals surface area contributed by atoms with Crippen LogP contribution in [0.2, 0.25) is 0 Å². The molecule has 2 heterocycles. The van der Waals surface area contributed by atoms with Gasteiger partial charge in [-0.15, -0.1) is 0 Å². The van der Waals surface area contributed by atoms with Crippen LogP contribution in [0.1, 0.15) is 32.4 Å². The lowest BCUT2D eigenvalue weighted by Gasteiger charge is -2.37. The summed E-state index contributed by atoms with van der Waals surface area (Å²) in [5.74, 6) is 0. The Labute approximate surface area is 97.4 Å². The Hall–Kier alpha value is -0.870. The van der Waals surface area contributed by atoms with Gasteiger partial charge in [0.2, 0.25) is 0 Å². The number of imidazole rings is 1. The molecule has 2 atom stereocenters. The molecule has 0 amide bonds. The number of hydrogen-bond acceptors (Lipinski definition) is 3. The predicted octanol–water partition coefficient (Wildman–Crippen LogP) is 1.37. The summed E-state index contributed by atoms with van der Waals surface area (Å²) in [4.78, 5) is 9.70. The lowest BCUT2D eigenvalue weighted by atomic mass is 9.98. The highest BCUT2D eigenvalue weighted by molar-refractivity contribution is 4.94. The number of likely N-dealkylation sites (tertiary alicyclic amines) is 1.